The van der Waals surface area contributed by atoms with Crippen molar-refractivity contribution in [1.82, 2.24) is 0 Å². The maximum absolute atomic E-state index is 12.7. The second-order valence-electron chi connectivity index (χ2n) is 5.81. The zero-order valence-corrected chi connectivity index (χ0v) is 12.8. The lowest BCUT2D eigenvalue weighted by atomic mass is 9.95. The zero-order chi connectivity index (χ0) is 15.6. The molecule has 1 aliphatic heterocycles. The van der Waals surface area contributed by atoms with Crippen LogP contribution in [0.4, 0.5) is 11.4 Å². The smallest absolute Gasteiger partial charge is 0.182 e. The van der Waals surface area contributed by atoms with Crippen molar-refractivity contribution in [3.63, 3.8) is 0 Å². The van der Waals surface area contributed by atoms with Gasteiger partial charge in [0.15, 0.2) is 5.78 Å². The summed E-state index contributed by atoms with van der Waals surface area (Å²) in [6, 6.07) is 26.2. The van der Waals surface area contributed by atoms with Crippen LogP contribution >= 0.6 is 0 Å². The monoisotopic (exact) mass is 299 g/mol. The number of anilines is 2. The minimum absolute atomic E-state index is 0.136. The van der Waals surface area contributed by atoms with Crippen LogP contribution in [0.15, 0.2) is 78.9 Å². The standard InChI is InChI=1S/C21H17NO/c23-21(16-8-2-1-3-9-16)15-22-19-12-6-4-10-17(19)14-18-11-5-7-13-20(18)22/h1-13H,14-15H2. The van der Waals surface area contributed by atoms with E-state index >= 15 is 0 Å². The summed E-state index contributed by atoms with van der Waals surface area (Å²) >= 11 is 0. The van der Waals surface area contributed by atoms with Crippen LogP contribution in [0.25, 0.3) is 0 Å². The van der Waals surface area contributed by atoms with E-state index in [0.717, 1.165) is 23.4 Å². The van der Waals surface area contributed by atoms with Crippen LogP contribution in [0.3, 0.4) is 0 Å². The van der Waals surface area contributed by atoms with Crippen molar-refractivity contribution in [2.24, 2.45) is 0 Å². The summed E-state index contributed by atoms with van der Waals surface area (Å²) < 4.78 is 0. The average Bonchev–Trinajstić information content (AvgIpc) is 2.62. The second-order valence-corrected chi connectivity index (χ2v) is 5.81. The van der Waals surface area contributed by atoms with Crippen molar-refractivity contribution in [3.8, 4) is 0 Å². The molecule has 0 radical (unpaired) electrons. The first-order chi connectivity index (χ1) is 11.3. The first-order valence-corrected chi connectivity index (χ1v) is 7.84. The Morgan fingerprint density at radius 3 is 1.87 bits per heavy atom. The molecule has 3 aromatic rings. The van der Waals surface area contributed by atoms with Gasteiger partial charge in [-0.25, -0.2) is 0 Å². The number of hydrogen-bond acceptors (Lipinski definition) is 2. The Hall–Kier alpha value is -2.87. The average molecular weight is 299 g/mol. The molecule has 1 aliphatic rings. The molecule has 4 rings (SSSR count). The van der Waals surface area contributed by atoms with Crippen molar-refractivity contribution in [2.75, 3.05) is 11.4 Å². The maximum atomic E-state index is 12.7. The van der Waals surface area contributed by atoms with Crippen LogP contribution in [0.2, 0.25) is 0 Å². The number of Topliss-reactive ketones (excluding diaryl/α,β-unsaturated/α-hetero) is 1. The molecular formula is C21H17NO. The highest BCUT2D eigenvalue weighted by Crippen LogP contribution is 2.38. The molecule has 0 saturated heterocycles. The fourth-order valence-electron chi connectivity index (χ4n) is 3.21. The lowest BCUT2D eigenvalue weighted by Crippen LogP contribution is -2.29. The highest BCUT2D eigenvalue weighted by molar-refractivity contribution is 6.00. The van der Waals surface area contributed by atoms with Crippen molar-refractivity contribution >= 4 is 17.2 Å². The SMILES string of the molecule is O=C(CN1c2ccccc2Cc2ccccc21)c1ccccc1. The number of fused-ring (bicyclic) bond motifs is 2. The predicted octanol–water partition coefficient (Wildman–Crippen LogP) is 4.61. The third-order valence-electron chi connectivity index (χ3n) is 4.34. The molecule has 2 nitrogen and oxygen atoms in total. The molecule has 0 N–H and O–H groups in total. The molecule has 0 amide bonds. The van der Waals surface area contributed by atoms with Gasteiger partial charge in [-0.3, -0.25) is 4.79 Å². The number of rotatable bonds is 3. The molecule has 23 heavy (non-hydrogen) atoms. The molecule has 2 heteroatoms. The van der Waals surface area contributed by atoms with Gasteiger partial charge in [0, 0.05) is 23.4 Å². The van der Waals surface area contributed by atoms with Crippen molar-refractivity contribution < 1.29 is 4.79 Å². The second kappa shape index (κ2) is 5.73. The van der Waals surface area contributed by atoms with E-state index in [-0.39, 0.29) is 5.78 Å². The Kier molecular flexibility index (Phi) is 3.43. The van der Waals surface area contributed by atoms with Gasteiger partial charge in [-0.2, -0.15) is 0 Å². The molecular weight excluding hydrogens is 282 g/mol. The Bertz CT molecular complexity index is 809. The normalized spacial score (nSPS) is 12.4. The third kappa shape index (κ3) is 2.53. The van der Waals surface area contributed by atoms with Crippen molar-refractivity contribution in [1.29, 1.82) is 0 Å². The summed E-state index contributed by atoms with van der Waals surface area (Å²) in [5, 5.41) is 0. The molecule has 112 valence electrons. The highest BCUT2D eigenvalue weighted by atomic mass is 16.1. The number of nitrogens with zero attached hydrogens (tertiary/aromatic N) is 1. The van der Waals surface area contributed by atoms with E-state index in [1.807, 2.05) is 42.5 Å². The number of para-hydroxylation sites is 2. The Morgan fingerprint density at radius 1 is 0.739 bits per heavy atom. The van der Waals surface area contributed by atoms with Crippen LogP contribution in [0.1, 0.15) is 21.5 Å². The van der Waals surface area contributed by atoms with Crippen LogP contribution in [0.5, 0.6) is 0 Å². The first kappa shape index (κ1) is 13.8. The fraction of sp³-hybridized carbons (Fsp3) is 0.0952. The van der Waals surface area contributed by atoms with Gasteiger partial charge in [0.2, 0.25) is 0 Å². The molecule has 3 aromatic carbocycles. The molecule has 0 bridgehead atoms. The lowest BCUT2D eigenvalue weighted by molar-refractivity contribution is 0.100. The van der Waals surface area contributed by atoms with Crippen LogP contribution in [-0.2, 0) is 6.42 Å². The number of hydrogen-bond donors (Lipinski definition) is 0. The van der Waals surface area contributed by atoms with Crippen molar-refractivity contribution in [3.05, 3.63) is 95.6 Å². The van der Waals surface area contributed by atoms with Gasteiger partial charge in [-0.15, -0.1) is 0 Å². The maximum Gasteiger partial charge on any atom is 0.182 e. The fourth-order valence-corrected chi connectivity index (χ4v) is 3.21. The molecule has 0 aromatic heterocycles. The van der Waals surface area contributed by atoms with Gasteiger partial charge >= 0.3 is 0 Å². The molecule has 0 fully saturated rings. The minimum Gasteiger partial charge on any atom is -0.333 e. The van der Waals surface area contributed by atoms with Gasteiger partial charge in [0.05, 0.1) is 6.54 Å². The lowest BCUT2D eigenvalue weighted by Gasteiger charge is -2.32. The summed E-state index contributed by atoms with van der Waals surface area (Å²) in [4.78, 5) is 14.8. The Balaban J connectivity index is 1.74. The third-order valence-corrected chi connectivity index (χ3v) is 4.34. The van der Waals surface area contributed by atoms with Crippen molar-refractivity contribution in [2.45, 2.75) is 6.42 Å². The Labute approximate surface area is 136 Å². The van der Waals surface area contributed by atoms with E-state index in [9.17, 15) is 4.79 Å². The molecule has 0 aliphatic carbocycles. The van der Waals surface area contributed by atoms with E-state index in [4.69, 9.17) is 0 Å². The summed E-state index contributed by atoms with van der Waals surface area (Å²) in [6.45, 7) is 0.359. The number of carbonyl (C=O) groups is 1. The van der Waals surface area contributed by atoms with Gasteiger partial charge in [-0.05, 0) is 23.3 Å². The molecule has 0 unspecified atom stereocenters. The van der Waals surface area contributed by atoms with E-state index in [0.29, 0.717) is 6.54 Å². The van der Waals surface area contributed by atoms with E-state index in [2.05, 4.69) is 41.3 Å². The van der Waals surface area contributed by atoms with E-state index in [1.165, 1.54) is 11.1 Å². The van der Waals surface area contributed by atoms with E-state index < -0.39 is 0 Å². The summed E-state index contributed by atoms with van der Waals surface area (Å²) in [6.07, 6.45) is 0.919. The zero-order valence-electron chi connectivity index (χ0n) is 12.8. The summed E-state index contributed by atoms with van der Waals surface area (Å²) in [5.74, 6) is 0.136. The summed E-state index contributed by atoms with van der Waals surface area (Å²) in [7, 11) is 0. The minimum atomic E-state index is 0.136. The van der Waals surface area contributed by atoms with Gasteiger partial charge in [0.25, 0.3) is 0 Å². The van der Waals surface area contributed by atoms with Crippen LogP contribution < -0.4 is 4.90 Å². The number of benzene rings is 3. The number of ketones is 1. The predicted molar refractivity (Wildman–Crippen MR) is 93.5 cm³/mol. The molecule has 0 atom stereocenters. The van der Waals surface area contributed by atoms with Crippen LogP contribution in [0, 0.1) is 0 Å². The van der Waals surface area contributed by atoms with Gasteiger partial charge in [0.1, 0.15) is 0 Å². The Morgan fingerprint density at radius 2 is 1.26 bits per heavy atom. The topological polar surface area (TPSA) is 20.3 Å². The highest BCUT2D eigenvalue weighted by Gasteiger charge is 2.23. The first-order valence-electron chi connectivity index (χ1n) is 7.84. The van der Waals surface area contributed by atoms with Gasteiger partial charge in [-0.1, -0.05) is 66.7 Å². The van der Waals surface area contributed by atoms with Crippen LogP contribution in [-0.4, -0.2) is 12.3 Å². The largest absolute Gasteiger partial charge is 0.333 e. The quantitative estimate of drug-likeness (QED) is 0.658. The molecule has 1 heterocycles. The number of carbonyl (C=O) groups excluding carboxylic acids is 1. The summed E-state index contributed by atoms with van der Waals surface area (Å²) in [5.41, 5.74) is 5.57. The van der Waals surface area contributed by atoms with E-state index in [1.54, 1.807) is 0 Å². The molecule has 0 saturated carbocycles. The molecule has 0 spiro atoms. The van der Waals surface area contributed by atoms with Gasteiger partial charge < -0.3 is 4.90 Å².